The van der Waals surface area contributed by atoms with E-state index < -0.39 is 5.43 Å². The van der Waals surface area contributed by atoms with Crippen molar-refractivity contribution in [2.75, 3.05) is 0 Å². The van der Waals surface area contributed by atoms with Crippen LogP contribution in [0.1, 0.15) is 5.56 Å². The topological polar surface area (TPSA) is 35.5 Å². The fraction of sp³-hybridized carbons (Fsp3) is 0.125. The maximum Gasteiger partial charge on any atom is 0.435 e. The fourth-order valence-electron chi connectivity index (χ4n) is 0.724. The largest absolute Gasteiger partial charge is 0.435 e. The SMILES string of the molecule is O=C(Cl)OOCc1ccc(Cl)cc1. The maximum absolute atomic E-state index is 10.1. The molecule has 0 saturated carbocycles. The van der Waals surface area contributed by atoms with Crippen LogP contribution in [-0.2, 0) is 16.4 Å². The molecule has 70 valence electrons. The molecule has 1 aromatic rings. The quantitative estimate of drug-likeness (QED) is 0.446. The Labute approximate surface area is 85.1 Å². The highest BCUT2D eigenvalue weighted by Gasteiger charge is 1.97. The second-order valence-corrected chi connectivity index (χ2v) is 2.95. The number of rotatable bonds is 3. The van der Waals surface area contributed by atoms with Gasteiger partial charge in [0.2, 0.25) is 0 Å². The lowest BCUT2D eigenvalue weighted by atomic mass is 10.2. The molecule has 0 fully saturated rings. The highest BCUT2D eigenvalue weighted by Crippen LogP contribution is 2.10. The lowest BCUT2D eigenvalue weighted by Gasteiger charge is -2.00. The first kappa shape index (κ1) is 10.3. The first-order chi connectivity index (χ1) is 6.18. The number of benzene rings is 1. The van der Waals surface area contributed by atoms with Gasteiger partial charge in [0.15, 0.2) is 0 Å². The molecule has 0 saturated heterocycles. The van der Waals surface area contributed by atoms with Crippen molar-refractivity contribution in [2.45, 2.75) is 6.61 Å². The molecule has 1 rings (SSSR count). The predicted octanol–water partition coefficient (Wildman–Crippen LogP) is 3.15. The molecule has 0 aliphatic rings. The summed E-state index contributed by atoms with van der Waals surface area (Å²) in [5.74, 6) is 0. The van der Waals surface area contributed by atoms with E-state index in [1.165, 1.54) is 0 Å². The Bertz CT molecular complexity index is 284. The molecule has 0 spiro atoms. The van der Waals surface area contributed by atoms with Crippen LogP contribution in [0.15, 0.2) is 24.3 Å². The second-order valence-electron chi connectivity index (χ2n) is 2.21. The lowest BCUT2D eigenvalue weighted by molar-refractivity contribution is -0.241. The van der Waals surface area contributed by atoms with E-state index in [1.807, 2.05) is 0 Å². The third-order valence-electron chi connectivity index (χ3n) is 1.26. The molecular formula is C8H6Cl2O3. The first-order valence-electron chi connectivity index (χ1n) is 3.42. The van der Waals surface area contributed by atoms with Crippen LogP contribution >= 0.6 is 23.2 Å². The average Bonchev–Trinajstić information content (AvgIpc) is 2.08. The zero-order chi connectivity index (χ0) is 9.68. The number of carbonyl (C=O) groups excluding carboxylic acids is 1. The average molecular weight is 221 g/mol. The molecule has 0 bridgehead atoms. The van der Waals surface area contributed by atoms with Crippen LogP contribution in [0.25, 0.3) is 0 Å². The van der Waals surface area contributed by atoms with Crippen LogP contribution in [0, 0.1) is 0 Å². The highest BCUT2D eigenvalue weighted by atomic mass is 35.5. The monoisotopic (exact) mass is 220 g/mol. The summed E-state index contributed by atoms with van der Waals surface area (Å²) in [6.45, 7) is 0.148. The van der Waals surface area contributed by atoms with Crippen LogP contribution in [0.4, 0.5) is 4.79 Å². The summed E-state index contributed by atoms with van der Waals surface area (Å²) in [6, 6.07) is 6.93. The Morgan fingerprint density at radius 1 is 1.31 bits per heavy atom. The molecule has 0 heterocycles. The summed E-state index contributed by atoms with van der Waals surface area (Å²) in [4.78, 5) is 18.7. The summed E-state index contributed by atoms with van der Waals surface area (Å²) < 4.78 is 0. The molecule has 0 aliphatic heterocycles. The number of hydrogen-bond acceptors (Lipinski definition) is 3. The van der Waals surface area contributed by atoms with E-state index >= 15 is 0 Å². The van der Waals surface area contributed by atoms with Gasteiger partial charge in [-0.05, 0) is 17.7 Å². The minimum atomic E-state index is -0.992. The maximum atomic E-state index is 10.1. The van der Waals surface area contributed by atoms with Gasteiger partial charge >= 0.3 is 5.43 Å². The summed E-state index contributed by atoms with van der Waals surface area (Å²) in [6.07, 6.45) is 0. The van der Waals surface area contributed by atoms with Gasteiger partial charge in [-0.2, -0.15) is 4.89 Å². The number of hydrogen-bond donors (Lipinski definition) is 0. The first-order valence-corrected chi connectivity index (χ1v) is 4.17. The standard InChI is InChI=1S/C8H6Cl2O3/c9-7-3-1-6(2-4-7)5-12-13-8(10)11/h1-4H,5H2. The molecule has 3 nitrogen and oxygen atoms in total. The fourth-order valence-corrected chi connectivity index (χ4v) is 0.895. The second kappa shape index (κ2) is 5.07. The molecule has 0 unspecified atom stereocenters. The van der Waals surface area contributed by atoms with Crippen molar-refractivity contribution in [1.82, 2.24) is 0 Å². The molecular weight excluding hydrogens is 215 g/mol. The normalized spacial score (nSPS) is 9.69. The molecule has 5 heteroatoms. The van der Waals surface area contributed by atoms with Crippen molar-refractivity contribution in [3.8, 4) is 0 Å². The third-order valence-corrected chi connectivity index (χ3v) is 1.58. The van der Waals surface area contributed by atoms with Gasteiger partial charge in [0.1, 0.15) is 6.61 Å². The minimum absolute atomic E-state index is 0.148. The summed E-state index contributed by atoms with van der Waals surface area (Å²) >= 11 is 10.5. The molecule has 0 amide bonds. The number of halogens is 2. The smallest absolute Gasteiger partial charge is 0.280 e. The third kappa shape index (κ3) is 4.12. The van der Waals surface area contributed by atoms with Gasteiger partial charge in [-0.3, -0.25) is 4.89 Å². The van der Waals surface area contributed by atoms with E-state index in [2.05, 4.69) is 9.78 Å². The minimum Gasteiger partial charge on any atom is -0.280 e. The van der Waals surface area contributed by atoms with Gasteiger partial charge in [0.05, 0.1) is 0 Å². The Morgan fingerprint density at radius 2 is 1.92 bits per heavy atom. The van der Waals surface area contributed by atoms with Crippen LogP contribution in [0.5, 0.6) is 0 Å². The van der Waals surface area contributed by atoms with Crippen LogP contribution < -0.4 is 0 Å². The van der Waals surface area contributed by atoms with Crippen molar-refractivity contribution in [1.29, 1.82) is 0 Å². The summed E-state index contributed by atoms with van der Waals surface area (Å²) in [7, 11) is 0. The van der Waals surface area contributed by atoms with Gasteiger partial charge in [0.25, 0.3) is 0 Å². The van der Waals surface area contributed by atoms with E-state index in [4.69, 9.17) is 23.2 Å². The van der Waals surface area contributed by atoms with Crippen molar-refractivity contribution in [3.63, 3.8) is 0 Å². The van der Waals surface area contributed by atoms with E-state index in [1.54, 1.807) is 24.3 Å². The van der Waals surface area contributed by atoms with Crippen LogP contribution in [0.3, 0.4) is 0 Å². The van der Waals surface area contributed by atoms with E-state index in [0.717, 1.165) is 5.56 Å². The van der Waals surface area contributed by atoms with Crippen molar-refractivity contribution >= 4 is 28.6 Å². The van der Waals surface area contributed by atoms with E-state index in [0.29, 0.717) is 5.02 Å². The highest BCUT2D eigenvalue weighted by molar-refractivity contribution is 6.61. The van der Waals surface area contributed by atoms with Crippen molar-refractivity contribution < 1.29 is 14.6 Å². The Hall–Kier alpha value is -0.770. The zero-order valence-electron chi connectivity index (χ0n) is 6.50. The molecule has 0 N–H and O–H groups in total. The summed E-state index contributed by atoms with van der Waals surface area (Å²) in [5, 5.41) is 0.637. The van der Waals surface area contributed by atoms with Crippen LogP contribution in [0.2, 0.25) is 5.02 Å². The number of carbonyl (C=O) groups is 1. The van der Waals surface area contributed by atoms with Crippen LogP contribution in [-0.4, -0.2) is 5.43 Å². The van der Waals surface area contributed by atoms with E-state index in [-0.39, 0.29) is 6.61 Å². The molecule has 1 aromatic carbocycles. The zero-order valence-corrected chi connectivity index (χ0v) is 8.01. The molecule has 0 atom stereocenters. The molecule has 0 aliphatic carbocycles. The lowest BCUT2D eigenvalue weighted by Crippen LogP contribution is -1.96. The van der Waals surface area contributed by atoms with Crippen molar-refractivity contribution in [2.24, 2.45) is 0 Å². The summed E-state index contributed by atoms with van der Waals surface area (Å²) in [5.41, 5.74) is -0.156. The van der Waals surface area contributed by atoms with Gasteiger partial charge in [-0.15, -0.1) is 0 Å². The van der Waals surface area contributed by atoms with Gasteiger partial charge < -0.3 is 0 Å². The molecule has 0 aromatic heterocycles. The molecule has 13 heavy (non-hydrogen) atoms. The van der Waals surface area contributed by atoms with Gasteiger partial charge in [-0.25, -0.2) is 4.79 Å². The van der Waals surface area contributed by atoms with E-state index in [9.17, 15) is 4.79 Å². The van der Waals surface area contributed by atoms with Crippen molar-refractivity contribution in [3.05, 3.63) is 34.9 Å². The Balaban J connectivity index is 2.37. The predicted molar refractivity (Wildman–Crippen MR) is 48.6 cm³/mol. The van der Waals surface area contributed by atoms with Gasteiger partial charge in [-0.1, -0.05) is 23.7 Å². The van der Waals surface area contributed by atoms with Gasteiger partial charge in [0, 0.05) is 16.6 Å². The Kier molecular flexibility index (Phi) is 4.02. The Morgan fingerprint density at radius 3 is 2.46 bits per heavy atom. The molecule has 0 radical (unpaired) electrons.